The van der Waals surface area contributed by atoms with Gasteiger partial charge in [0.25, 0.3) is 5.56 Å². The van der Waals surface area contributed by atoms with Gasteiger partial charge in [0.2, 0.25) is 0 Å². The third kappa shape index (κ3) is 2.68. The quantitative estimate of drug-likeness (QED) is 0.864. The van der Waals surface area contributed by atoms with Crippen molar-refractivity contribution in [2.45, 2.75) is 26.3 Å². The molecule has 1 unspecified atom stereocenters. The van der Waals surface area contributed by atoms with Gasteiger partial charge in [-0.15, -0.1) is 0 Å². The van der Waals surface area contributed by atoms with Crippen LogP contribution in [0.3, 0.4) is 0 Å². The molecule has 1 heterocycles. The SMILES string of the molecule is CCC(C)n1c(-c2ccccc2OC)ccc(C#N)c1=O. The highest BCUT2D eigenvalue weighted by molar-refractivity contribution is 5.68. The highest BCUT2D eigenvalue weighted by Gasteiger charge is 2.16. The number of para-hydroxylation sites is 1. The molecule has 0 aliphatic heterocycles. The molecule has 1 aromatic heterocycles. The number of pyridine rings is 1. The van der Waals surface area contributed by atoms with Gasteiger partial charge in [-0.2, -0.15) is 5.26 Å². The summed E-state index contributed by atoms with van der Waals surface area (Å²) in [5.74, 6) is 0.707. The Morgan fingerprint density at radius 2 is 2.00 bits per heavy atom. The van der Waals surface area contributed by atoms with Crippen molar-refractivity contribution in [2.24, 2.45) is 0 Å². The zero-order valence-corrected chi connectivity index (χ0v) is 12.5. The van der Waals surface area contributed by atoms with Crippen molar-refractivity contribution in [2.75, 3.05) is 7.11 Å². The third-order valence-electron chi connectivity index (χ3n) is 3.65. The number of methoxy groups -OCH3 is 1. The Bertz CT molecular complexity index is 741. The van der Waals surface area contributed by atoms with Gasteiger partial charge in [0.15, 0.2) is 0 Å². The minimum absolute atomic E-state index is 0.00529. The van der Waals surface area contributed by atoms with Crippen LogP contribution in [0.25, 0.3) is 11.3 Å². The van der Waals surface area contributed by atoms with Crippen LogP contribution in [0.5, 0.6) is 5.75 Å². The monoisotopic (exact) mass is 282 g/mol. The first-order valence-corrected chi connectivity index (χ1v) is 6.93. The Morgan fingerprint density at radius 1 is 1.29 bits per heavy atom. The van der Waals surface area contributed by atoms with Gasteiger partial charge in [0.1, 0.15) is 17.4 Å². The largest absolute Gasteiger partial charge is 0.496 e. The molecule has 2 aromatic rings. The molecule has 21 heavy (non-hydrogen) atoms. The first-order valence-electron chi connectivity index (χ1n) is 6.93. The lowest BCUT2D eigenvalue weighted by Gasteiger charge is -2.20. The zero-order chi connectivity index (χ0) is 15.4. The Morgan fingerprint density at radius 3 is 2.62 bits per heavy atom. The summed E-state index contributed by atoms with van der Waals surface area (Å²) in [6.07, 6.45) is 0.803. The summed E-state index contributed by atoms with van der Waals surface area (Å²) in [5.41, 5.74) is 1.52. The summed E-state index contributed by atoms with van der Waals surface area (Å²) in [7, 11) is 1.61. The van der Waals surface area contributed by atoms with Crippen LogP contribution in [0.15, 0.2) is 41.2 Å². The van der Waals surface area contributed by atoms with E-state index < -0.39 is 0 Å². The fourth-order valence-electron chi connectivity index (χ4n) is 2.33. The van der Waals surface area contributed by atoms with E-state index in [-0.39, 0.29) is 17.2 Å². The van der Waals surface area contributed by atoms with Crippen molar-refractivity contribution in [3.8, 4) is 23.1 Å². The number of hydrogen-bond donors (Lipinski definition) is 0. The molecule has 2 rings (SSSR count). The molecule has 0 aliphatic carbocycles. The molecule has 0 fully saturated rings. The number of nitriles is 1. The average Bonchev–Trinajstić information content (AvgIpc) is 2.53. The van der Waals surface area contributed by atoms with E-state index >= 15 is 0 Å². The molecular formula is C17H18N2O2. The number of benzene rings is 1. The molecule has 0 saturated heterocycles. The van der Waals surface area contributed by atoms with E-state index in [4.69, 9.17) is 10.00 Å². The Balaban J connectivity index is 2.78. The maximum Gasteiger partial charge on any atom is 0.269 e. The maximum absolute atomic E-state index is 12.5. The minimum atomic E-state index is -0.254. The standard InChI is InChI=1S/C17H18N2O2/c1-4-12(2)19-15(10-9-13(11-18)17(19)20)14-7-5-6-8-16(14)21-3/h5-10,12H,4H2,1-3H3. The zero-order valence-electron chi connectivity index (χ0n) is 12.5. The maximum atomic E-state index is 12.5. The number of aromatic nitrogens is 1. The van der Waals surface area contributed by atoms with E-state index in [2.05, 4.69) is 0 Å². The fourth-order valence-corrected chi connectivity index (χ4v) is 2.33. The summed E-state index contributed by atoms with van der Waals surface area (Å²) < 4.78 is 7.06. The van der Waals surface area contributed by atoms with E-state index in [1.54, 1.807) is 17.7 Å². The van der Waals surface area contributed by atoms with Crippen LogP contribution < -0.4 is 10.3 Å². The molecule has 0 N–H and O–H groups in total. The van der Waals surface area contributed by atoms with E-state index in [1.807, 2.05) is 50.2 Å². The van der Waals surface area contributed by atoms with Gasteiger partial charge in [-0.05, 0) is 37.6 Å². The van der Waals surface area contributed by atoms with Gasteiger partial charge in [0, 0.05) is 11.6 Å². The lowest BCUT2D eigenvalue weighted by Crippen LogP contribution is -2.26. The van der Waals surface area contributed by atoms with Crippen molar-refractivity contribution < 1.29 is 4.74 Å². The first-order chi connectivity index (χ1) is 10.1. The molecule has 1 atom stereocenters. The van der Waals surface area contributed by atoms with Gasteiger partial charge < -0.3 is 9.30 Å². The van der Waals surface area contributed by atoms with Crippen LogP contribution >= 0.6 is 0 Å². The lowest BCUT2D eigenvalue weighted by atomic mass is 10.1. The molecule has 0 aliphatic rings. The van der Waals surface area contributed by atoms with Crippen LogP contribution in [0.2, 0.25) is 0 Å². The van der Waals surface area contributed by atoms with Crippen LogP contribution in [0.1, 0.15) is 31.9 Å². The second-order valence-corrected chi connectivity index (χ2v) is 4.88. The molecule has 0 spiro atoms. The first kappa shape index (κ1) is 14.9. The van der Waals surface area contributed by atoms with Crippen molar-refractivity contribution in [3.63, 3.8) is 0 Å². The normalized spacial score (nSPS) is 11.7. The van der Waals surface area contributed by atoms with Gasteiger partial charge in [-0.3, -0.25) is 4.79 Å². The fraction of sp³-hybridized carbons (Fsp3) is 0.294. The summed E-state index contributed by atoms with van der Waals surface area (Å²) in [6.45, 7) is 3.99. The second-order valence-electron chi connectivity index (χ2n) is 4.88. The second kappa shape index (κ2) is 6.27. The van der Waals surface area contributed by atoms with Crippen LogP contribution in [-0.2, 0) is 0 Å². The molecule has 0 saturated carbocycles. The summed E-state index contributed by atoms with van der Waals surface area (Å²) in [6, 6.07) is 12.9. The highest BCUT2D eigenvalue weighted by atomic mass is 16.5. The predicted octanol–water partition coefficient (Wildman–Crippen LogP) is 3.37. The smallest absolute Gasteiger partial charge is 0.269 e. The summed E-state index contributed by atoms with van der Waals surface area (Å²) >= 11 is 0. The van der Waals surface area contributed by atoms with Crippen LogP contribution in [0, 0.1) is 11.3 Å². The van der Waals surface area contributed by atoms with Gasteiger partial charge >= 0.3 is 0 Å². The van der Waals surface area contributed by atoms with Crippen molar-refractivity contribution >= 4 is 0 Å². The number of nitrogens with zero attached hydrogens (tertiary/aromatic N) is 2. The number of ether oxygens (including phenoxy) is 1. The molecule has 4 heteroatoms. The van der Waals surface area contributed by atoms with Gasteiger partial charge in [-0.25, -0.2) is 0 Å². The molecular weight excluding hydrogens is 264 g/mol. The van der Waals surface area contributed by atoms with Gasteiger partial charge in [-0.1, -0.05) is 19.1 Å². The Hall–Kier alpha value is -2.54. The van der Waals surface area contributed by atoms with E-state index in [9.17, 15) is 4.79 Å². The van der Waals surface area contributed by atoms with E-state index in [0.29, 0.717) is 5.75 Å². The average molecular weight is 282 g/mol. The molecule has 1 aromatic carbocycles. The third-order valence-corrected chi connectivity index (χ3v) is 3.65. The molecule has 108 valence electrons. The van der Waals surface area contributed by atoms with Crippen molar-refractivity contribution in [3.05, 3.63) is 52.3 Å². The minimum Gasteiger partial charge on any atom is -0.496 e. The Labute approximate surface area is 124 Å². The molecule has 0 amide bonds. The van der Waals surface area contributed by atoms with Crippen LogP contribution in [-0.4, -0.2) is 11.7 Å². The topological polar surface area (TPSA) is 55.0 Å². The van der Waals surface area contributed by atoms with Crippen molar-refractivity contribution in [1.82, 2.24) is 4.57 Å². The molecule has 0 bridgehead atoms. The molecule has 0 radical (unpaired) electrons. The predicted molar refractivity (Wildman–Crippen MR) is 82.4 cm³/mol. The molecule has 4 nitrogen and oxygen atoms in total. The van der Waals surface area contributed by atoms with Gasteiger partial charge in [0.05, 0.1) is 12.8 Å². The van der Waals surface area contributed by atoms with Crippen LogP contribution in [0.4, 0.5) is 0 Å². The van der Waals surface area contributed by atoms with Crippen molar-refractivity contribution in [1.29, 1.82) is 5.26 Å². The summed E-state index contributed by atoms with van der Waals surface area (Å²) in [4.78, 5) is 12.5. The van der Waals surface area contributed by atoms with E-state index in [1.165, 1.54) is 0 Å². The number of hydrogen-bond acceptors (Lipinski definition) is 3. The highest BCUT2D eigenvalue weighted by Crippen LogP contribution is 2.30. The number of rotatable bonds is 4. The summed E-state index contributed by atoms with van der Waals surface area (Å²) in [5, 5.41) is 9.07. The lowest BCUT2D eigenvalue weighted by molar-refractivity contribution is 0.415. The van der Waals surface area contributed by atoms with E-state index in [0.717, 1.165) is 17.7 Å². The Kier molecular flexibility index (Phi) is 4.44.